The fraction of sp³-hybridized carbons (Fsp3) is 0.462. The number of rotatable bonds is 1. The van der Waals surface area contributed by atoms with Crippen LogP contribution in [0.3, 0.4) is 0 Å². The van der Waals surface area contributed by atoms with Crippen LogP contribution in [0.5, 0.6) is 0 Å². The molecular weight excluding hydrogens is 188 g/mol. The first-order chi connectivity index (χ1) is 7.40. The fourth-order valence-electron chi connectivity index (χ4n) is 2.83. The van der Waals surface area contributed by atoms with Crippen LogP contribution >= 0.6 is 0 Å². The van der Waals surface area contributed by atoms with Gasteiger partial charge in [0.05, 0.1) is 6.10 Å². The van der Waals surface area contributed by atoms with Gasteiger partial charge in [0.1, 0.15) is 12.4 Å². The minimum absolute atomic E-state index is 0.0971. The van der Waals surface area contributed by atoms with Crippen LogP contribution in [0, 0.1) is 5.92 Å². The zero-order valence-corrected chi connectivity index (χ0v) is 8.56. The van der Waals surface area contributed by atoms with Gasteiger partial charge in [-0.25, -0.2) is 0 Å². The van der Waals surface area contributed by atoms with Gasteiger partial charge in [0.2, 0.25) is 0 Å². The average Bonchev–Trinajstić information content (AvgIpc) is 2.67. The monoisotopic (exact) mass is 202 g/mol. The lowest BCUT2D eigenvalue weighted by atomic mass is 9.80. The van der Waals surface area contributed by atoms with Crippen molar-refractivity contribution in [3.05, 3.63) is 35.5 Å². The Kier molecular flexibility index (Phi) is 2.10. The van der Waals surface area contributed by atoms with E-state index >= 15 is 0 Å². The summed E-state index contributed by atoms with van der Waals surface area (Å²) in [7, 11) is 0. The van der Waals surface area contributed by atoms with Crippen LogP contribution in [0.1, 0.15) is 19.3 Å². The first-order valence-corrected chi connectivity index (χ1v) is 5.59. The molecule has 0 aromatic rings. The molecule has 0 radical (unpaired) electrons. The summed E-state index contributed by atoms with van der Waals surface area (Å²) in [5.41, 5.74) is 2.49. The van der Waals surface area contributed by atoms with E-state index in [0.717, 1.165) is 25.5 Å². The summed E-state index contributed by atoms with van der Waals surface area (Å²) in [5, 5.41) is 0. The zero-order valence-electron chi connectivity index (χ0n) is 8.56. The standard InChI is InChI=1S/C13H14O2/c14-8-9-4-3-7-12-13(9)10-5-1-2-6-11(10)15-12/h1-2,5-6,8-9,11-12H,3-4,7H2. The van der Waals surface area contributed by atoms with Gasteiger partial charge in [-0.15, -0.1) is 0 Å². The maximum absolute atomic E-state index is 11.0. The van der Waals surface area contributed by atoms with Crippen molar-refractivity contribution in [3.63, 3.8) is 0 Å². The van der Waals surface area contributed by atoms with E-state index in [1.165, 1.54) is 11.1 Å². The number of allylic oxidation sites excluding steroid dienone is 2. The highest BCUT2D eigenvalue weighted by Crippen LogP contribution is 2.41. The molecule has 3 unspecified atom stereocenters. The summed E-state index contributed by atoms with van der Waals surface area (Å²) in [6.07, 6.45) is 12.8. The predicted molar refractivity (Wildman–Crippen MR) is 57.4 cm³/mol. The molecule has 1 saturated carbocycles. The van der Waals surface area contributed by atoms with E-state index in [4.69, 9.17) is 4.74 Å². The Morgan fingerprint density at radius 1 is 1.33 bits per heavy atom. The summed E-state index contributed by atoms with van der Waals surface area (Å²) in [4.78, 5) is 11.0. The van der Waals surface area contributed by atoms with Gasteiger partial charge in [0.25, 0.3) is 0 Å². The highest BCUT2D eigenvalue weighted by molar-refractivity contribution is 5.63. The van der Waals surface area contributed by atoms with Crippen LogP contribution < -0.4 is 0 Å². The van der Waals surface area contributed by atoms with Gasteiger partial charge < -0.3 is 9.53 Å². The molecule has 2 heteroatoms. The Bertz CT molecular complexity index is 376. The van der Waals surface area contributed by atoms with Crippen LogP contribution in [0.4, 0.5) is 0 Å². The van der Waals surface area contributed by atoms with Crippen molar-refractivity contribution in [2.75, 3.05) is 0 Å². The SMILES string of the molecule is O=CC1CCCC2OC3C=CC=CC3=C12. The molecule has 3 atom stereocenters. The number of carbonyl (C=O) groups excluding carboxylic acids is 1. The van der Waals surface area contributed by atoms with Crippen LogP contribution in [0.2, 0.25) is 0 Å². The van der Waals surface area contributed by atoms with Crippen molar-refractivity contribution >= 4 is 6.29 Å². The molecule has 3 rings (SSSR count). The number of aldehydes is 1. The maximum atomic E-state index is 11.0. The summed E-state index contributed by atoms with van der Waals surface area (Å²) >= 11 is 0. The lowest BCUT2D eigenvalue weighted by molar-refractivity contribution is -0.111. The minimum Gasteiger partial charge on any atom is -0.362 e. The van der Waals surface area contributed by atoms with Crippen molar-refractivity contribution in [1.29, 1.82) is 0 Å². The van der Waals surface area contributed by atoms with E-state index in [9.17, 15) is 4.79 Å². The van der Waals surface area contributed by atoms with E-state index in [2.05, 4.69) is 12.2 Å². The molecule has 2 nitrogen and oxygen atoms in total. The molecule has 0 N–H and O–H groups in total. The molecule has 1 fully saturated rings. The average molecular weight is 202 g/mol. The number of carbonyl (C=O) groups is 1. The zero-order chi connectivity index (χ0) is 10.3. The van der Waals surface area contributed by atoms with Gasteiger partial charge in [-0.2, -0.15) is 0 Å². The van der Waals surface area contributed by atoms with E-state index < -0.39 is 0 Å². The Hall–Kier alpha value is -1.15. The van der Waals surface area contributed by atoms with Crippen molar-refractivity contribution in [3.8, 4) is 0 Å². The van der Waals surface area contributed by atoms with Gasteiger partial charge in [0, 0.05) is 5.92 Å². The normalized spacial score (nSPS) is 37.7. The molecular formula is C13H14O2. The minimum atomic E-state index is 0.0971. The second-order valence-corrected chi connectivity index (χ2v) is 4.37. The molecule has 15 heavy (non-hydrogen) atoms. The molecule has 0 spiro atoms. The predicted octanol–water partition coefficient (Wildman–Crippen LogP) is 2.18. The molecule has 0 aromatic carbocycles. The van der Waals surface area contributed by atoms with Crippen molar-refractivity contribution in [1.82, 2.24) is 0 Å². The molecule has 1 aliphatic heterocycles. The second kappa shape index (κ2) is 3.46. The van der Waals surface area contributed by atoms with Crippen molar-refractivity contribution in [2.45, 2.75) is 31.5 Å². The fourth-order valence-corrected chi connectivity index (χ4v) is 2.83. The van der Waals surface area contributed by atoms with Crippen LogP contribution in [0.15, 0.2) is 35.5 Å². The van der Waals surface area contributed by atoms with E-state index in [1.807, 2.05) is 12.2 Å². The van der Waals surface area contributed by atoms with E-state index in [1.54, 1.807) is 0 Å². The molecule has 0 amide bonds. The molecule has 0 saturated heterocycles. The molecule has 2 aliphatic carbocycles. The third-order valence-corrected chi connectivity index (χ3v) is 3.52. The summed E-state index contributed by atoms with van der Waals surface area (Å²) in [6, 6.07) is 0. The summed E-state index contributed by atoms with van der Waals surface area (Å²) in [5.74, 6) is 0.0971. The molecule has 1 heterocycles. The lowest BCUT2D eigenvalue weighted by Crippen LogP contribution is -2.23. The van der Waals surface area contributed by atoms with Gasteiger partial charge >= 0.3 is 0 Å². The Balaban J connectivity index is 2.04. The first-order valence-electron chi connectivity index (χ1n) is 5.59. The van der Waals surface area contributed by atoms with Crippen LogP contribution in [-0.2, 0) is 9.53 Å². The molecule has 3 aliphatic rings. The lowest BCUT2D eigenvalue weighted by Gasteiger charge is -2.25. The Labute approximate surface area is 89.3 Å². The smallest absolute Gasteiger partial charge is 0.127 e. The summed E-state index contributed by atoms with van der Waals surface area (Å²) in [6.45, 7) is 0. The number of hydrogen-bond acceptors (Lipinski definition) is 2. The highest BCUT2D eigenvalue weighted by Gasteiger charge is 2.38. The number of ether oxygens (including phenoxy) is 1. The Morgan fingerprint density at radius 3 is 3.13 bits per heavy atom. The van der Waals surface area contributed by atoms with E-state index in [-0.39, 0.29) is 18.1 Å². The molecule has 0 bridgehead atoms. The topological polar surface area (TPSA) is 26.3 Å². The van der Waals surface area contributed by atoms with Crippen molar-refractivity contribution < 1.29 is 9.53 Å². The summed E-state index contributed by atoms with van der Waals surface area (Å²) < 4.78 is 5.93. The number of fused-ring (bicyclic) bond motifs is 2. The quantitative estimate of drug-likeness (QED) is 0.609. The largest absolute Gasteiger partial charge is 0.362 e. The van der Waals surface area contributed by atoms with Crippen LogP contribution in [-0.4, -0.2) is 18.5 Å². The third-order valence-electron chi connectivity index (χ3n) is 3.52. The number of hydrogen-bond donors (Lipinski definition) is 0. The van der Waals surface area contributed by atoms with Gasteiger partial charge in [-0.05, 0) is 30.4 Å². The highest BCUT2D eigenvalue weighted by atomic mass is 16.5. The van der Waals surface area contributed by atoms with Crippen molar-refractivity contribution in [2.24, 2.45) is 5.92 Å². The van der Waals surface area contributed by atoms with E-state index in [0.29, 0.717) is 0 Å². The molecule has 0 aromatic heterocycles. The molecule has 78 valence electrons. The van der Waals surface area contributed by atoms with Gasteiger partial charge in [-0.1, -0.05) is 24.3 Å². The third kappa shape index (κ3) is 1.32. The second-order valence-electron chi connectivity index (χ2n) is 4.37. The Morgan fingerprint density at radius 2 is 2.27 bits per heavy atom. The van der Waals surface area contributed by atoms with Gasteiger partial charge in [0.15, 0.2) is 0 Å². The maximum Gasteiger partial charge on any atom is 0.127 e. The van der Waals surface area contributed by atoms with Crippen LogP contribution in [0.25, 0.3) is 0 Å². The van der Waals surface area contributed by atoms with Gasteiger partial charge in [-0.3, -0.25) is 0 Å². The first kappa shape index (κ1) is 9.10.